The van der Waals surface area contributed by atoms with Gasteiger partial charge in [0.2, 0.25) is 5.95 Å². The van der Waals surface area contributed by atoms with Crippen LogP contribution in [0, 0.1) is 0 Å². The van der Waals surface area contributed by atoms with Crippen molar-refractivity contribution in [3.05, 3.63) is 17.4 Å². The summed E-state index contributed by atoms with van der Waals surface area (Å²) in [4.78, 5) is 12.0. The van der Waals surface area contributed by atoms with Gasteiger partial charge in [0.25, 0.3) is 5.95 Å². The molecule has 0 fully saturated rings. The summed E-state index contributed by atoms with van der Waals surface area (Å²) in [6.07, 6.45) is 3.04. The minimum absolute atomic E-state index is 0.164. The SMILES string of the molecule is CCOc1nc(NN)nc(-n2cc(Cl)cn2)n1. The van der Waals surface area contributed by atoms with E-state index in [1.807, 2.05) is 6.92 Å². The van der Waals surface area contributed by atoms with Gasteiger partial charge in [-0.1, -0.05) is 11.6 Å². The van der Waals surface area contributed by atoms with Gasteiger partial charge in [-0.25, -0.2) is 10.5 Å². The number of hydrogen-bond acceptors (Lipinski definition) is 7. The molecule has 2 aromatic rings. The van der Waals surface area contributed by atoms with E-state index in [2.05, 4.69) is 25.5 Å². The number of aromatic nitrogens is 5. The highest BCUT2D eigenvalue weighted by molar-refractivity contribution is 6.30. The number of rotatable bonds is 4. The third-order valence-electron chi connectivity index (χ3n) is 1.76. The van der Waals surface area contributed by atoms with Gasteiger partial charge in [0.15, 0.2) is 0 Å². The van der Waals surface area contributed by atoms with Crippen LogP contribution < -0.4 is 16.0 Å². The number of nitrogen functional groups attached to an aromatic ring is 1. The van der Waals surface area contributed by atoms with E-state index in [1.54, 1.807) is 6.20 Å². The number of nitrogens with zero attached hydrogens (tertiary/aromatic N) is 5. The van der Waals surface area contributed by atoms with Crippen molar-refractivity contribution in [1.29, 1.82) is 0 Å². The summed E-state index contributed by atoms with van der Waals surface area (Å²) in [6.45, 7) is 2.26. The van der Waals surface area contributed by atoms with Gasteiger partial charge in [-0.2, -0.15) is 20.1 Å². The lowest BCUT2D eigenvalue weighted by molar-refractivity contribution is 0.311. The normalized spacial score (nSPS) is 10.3. The van der Waals surface area contributed by atoms with Gasteiger partial charge in [0, 0.05) is 0 Å². The maximum Gasteiger partial charge on any atom is 0.323 e. The van der Waals surface area contributed by atoms with Crippen molar-refractivity contribution >= 4 is 17.5 Å². The maximum atomic E-state index is 5.76. The predicted molar refractivity (Wildman–Crippen MR) is 60.9 cm³/mol. The van der Waals surface area contributed by atoms with Crippen LogP contribution in [0.5, 0.6) is 6.01 Å². The van der Waals surface area contributed by atoms with E-state index < -0.39 is 0 Å². The van der Waals surface area contributed by atoms with E-state index in [9.17, 15) is 0 Å². The fourth-order valence-electron chi connectivity index (χ4n) is 1.12. The smallest absolute Gasteiger partial charge is 0.323 e. The summed E-state index contributed by atoms with van der Waals surface area (Å²) in [5.74, 6) is 5.71. The molecule has 2 aromatic heterocycles. The molecule has 0 aliphatic carbocycles. The molecule has 0 spiro atoms. The van der Waals surface area contributed by atoms with Gasteiger partial charge in [-0.15, -0.1) is 0 Å². The molecule has 2 rings (SSSR count). The van der Waals surface area contributed by atoms with Crippen LogP contribution in [0.1, 0.15) is 6.92 Å². The van der Waals surface area contributed by atoms with E-state index in [1.165, 1.54) is 10.9 Å². The van der Waals surface area contributed by atoms with E-state index in [0.717, 1.165) is 0 Å². The quantitative estimate of drug-likeness (QED) is 0.602. The van der Waals surface area contributed by atoms with Crippen LogP contribution in [-0.4, -0.2) is 31.3 Å². The van der Waals surface area contributed by atoms with Crippen molar-refractivity contribution in [3.8, 4) is 12.0 Å². The summed E-state index contributed by atoms with van der Waals surface area (Å²) in [7, 11) is 0. The molecule has 17 heavy (non-hydrogen) atoms. The Bertz CT molecular complexity index is 514. The second-order valence-electron chi connectivity index (χ2n) is 2.92. The second kappa shape index (κ2) is 4.93. The Morgan fingerprint density at radius 1 is 1.47 bits per heavy atom. The maximum absolute atomic E-state index is 5.76. The zero-order valence-electron chi connectivity index (χ0n) is 8.96. The van der Waals surface area contributed by atoms with Gasteiger partial charge >= 0.3 is 6.01 Å². The molecule has 0 bridgehead atoms. The van der Waals surface area contributed by atoms with Crippen LogP contribution in [0.4, 0.5) is 5.95 Å². The number of ether oxygens (including phenoxy) is 1. The molecule has 3 N–H and O–H groups in total. The van der Waals surface area contributed by atoms with E-state index in [-0.39, 0.29) is 17.9 Å². The van der Waals surface area contributed by atoms with E-state index in [4.69, 9.17) is 22.2 Å². The first-order valence-corrected chi connectivity index (χ1v) is 5.16. The van der Waals surface area contributed by atoms with Crippen LogP contribution >= 0.6 is 11.6 Å². The number of nitrogens with one attached hydrogen (secondary N) is 1. The number of nitrogens with two attached hydrogens (primary N) is 1. The van der Waals surface area contributed by atoms with Gasteiger partial charge in [0.05, 0.1) is 24.0 Å². The first kappa shape index (κ1) is 11.6. The molecule has 9 heteroatoms. The Hall–Kier alpha value is -1.93. The molecule has 2 heterocycles. The molecule has 0 atom stereocenters. The predicted octanol–water partition coefficient (Wildman–Crippen LogP) is 0.395. The summed E-state index contributed by atoms with van der Waals surface area (Å²) in [6, 6.07) is 0.164. The highest BCUT2D eigenvalue weighted by atomic mass is 35.5. The van der Waals surface area contributed by atoms with Gasteiger partial charge in [-0.05, 0) is 6.92 Å². The molecule has 0 amide bonds. The molecule has 0 saturated heterocycles. The number of hydrazine groups is 1. The Labute approximate surface area is 102 Å². The third-order valence-corrected chi connectivity index (χ3v) is 1.96. The first-order chi connectivity index (χ1) is 8.22. The van der Waals surface area contributed by atoms with Crippen molar-refractivity contribution in [2.45, 2.75) is 6.92 Å². The standard InChI is InChI=1S/C8H10ClN7O/c1-2-17-8-13-6(15-10)12-7(14-8)16-4-5(9)3-11-16/h3-4H,2,10H2,1H3,(H,12,13,14,15). The van der Waals surface area contributed by atoms with Crippen molar-refractivity contribution in [2.24, 2.45) is 5.84 Å². The van der Waals surface area contributed by atoms with Crippen LogP contribution in [-0.2, 0) is 0 Å². The molecular formula is C8H10ClN7O. The van der Waals surface area contributed by atoms with E-state index >= 15 is 0 Å². The number of hydrogen-bond donors (Lipinski definition) is 2. The first-order valence-electron chi connectivity index (χ1n) is 4.79. The largest absolute Gasteiger partial charge is 0.464 e. The van der Waals surface area contributed by atoms with Crippen molar-refractivity contribution in [2.75, 3.05) is 12.0 Å². The Morgan fingerprint density at radius 3 is 2.88 bits per heavy atom. The van der Waals surface area contributed by atoms with Crippen LogP contribution in [0.2, 0.25) is 5.02 Å². The van der Waals surface area contributed by atoms with E-state index in [0.29, 0.717) is 11.6 Å². The molecule has 0 saturated carbocycles. The van der Waals surface area contributed by atoms with Gasteiger partial charge < -0.3 is 4.74 Å². The summed E-state index contributed by atoms with van der Waals surface area (Å²) >= 11 is 5.76. The Morgan fingerprint density at radius 2 is 2.29 bits per heavy atom. The molecule has 0 radical (unpaired) electrons. The zero-order valence-corrected chi connectivity index (χ0v) is 9.72. The fourth-order valence-corrected chi connectivity index (χ4v) is 1.25. The molecule has 0 aliphatic rings. The molecule has 0 aliphatic heterocycles. The molecule has 90 valence electrons. The highest BCUT2D eigenvalue weighted by Crippen LogP contribution is 2.12. The number of anilines is 1. The minimum atomic E-state index is 0.164. The van der Waals surface area contributed by atoms with Crippen LogP contribution in [0.15, 0.2) is 12.4 Å². The monoisotopic (exact) mass is 255 g/mol. The average molecular weight is 256 g/mol. The lowest BCUT2D eigenvalue weighted by atomic mass is 10.7. The van der Waals surface area contributed by atoms with Crippen LogP contribution in [0.3, 0.4) is 0 Å². The minimum Gasteiger partial charge on any atom is -0.464 e. The van der Waals surface area contributed by atoms with Crippen molar-refractivity contribution < 1.29 is 4.74 Å². The second-order valence-corrected chi connectivity index (χ2v) is 3.36. The van der Waals surface area contributed by atoms with Gasteiger partial charge in [-0.3, -0.25) is 5.43 Å². The Balaban J connectivity index is 2.42. The summed E-state index contributed by atoms with van der Waals surface area (Å²) < 4.78 is 6.58. The van der Waals surface area contributed by atoms with Gasteiger partial charge in [0.1, 0.15) is 0 Å². The lowest BCUT2D eigenvalue weighted by Gasteiger charge is -2.05. The van der Waals surface area contributed by atoms with Crippen LogP contribution in [0.25, 0.3) is 5.95 Å². The topological polar surface area (TPSA) is 104 Å². The highest BCUT2D eigenvalue weighted by Gasteiger charge is 2.09. The molecular weight excluding hydrogens is 246 g/mol. The molecule has 0 aromatic carbocycles. The Kier molecular flexibility index (Phi) is 3.35. The molecule has 8 nitrogen and oxygen atoms in total. The lowest BCUT2D eigenvalue weighted by Crippen LogP contribution is -2.14. The summed E-state index contributed by atoms with van der Waals surface area (Å²) in [5, 5.41) is 4.45. The molecule has 0 unspecified atom stereocenters. The average Bonchev–Trinajstić information content (AvgIpc) is 2.76. The van der Waals surface area contributed by atoms with Crippen molar-refractivity contribution in [3.63, 3.8) is 0 Å². The fraction of sp³-hybridized carbons (Fsp3) is 0.250. The zero-order chi connectivity index (χ0) is 12.3. The third kappa shape index (κ3) is 2.60. The van der Waals surface area contributed by atoms with Crippen molar-refractivity contribution in [1.82, 2.24) is 24.7 Å². The number of halogens is 1. The summed E-state index contributed by atoms with van der Waals surface area (Å²) in [5.41, 5.74) is 2.33.